The van der Waals surface area contributed by atoms with E-state index in [4.69, 9.17) is 4.74 Å². The molecule has 0 aliphatic heterocycles. The van der Waals surface area contributed by atoms with Crippen LogP contribution in [0.2, 0.25) is 0 Å². The quantitative estimate of drug-likeness (QED) is 0.828. The fourth-order valence-corrected chi connectivity index (χ4v) is 2.62. The van der Waals surface area contributed by atoms with E-state index in [1.54, 1.807) is 7.11 Å². The predicted molar refractivity (Wildman–Crippen MR) is 84.4 cm³/mol. The average Bonchev–Trinajstić information content (AvgIpc) is 3.27. The van der Waals surface area contributed by atoms with Gasteiger partial charge in [-0.2, -0.15) is 0 Å². The largest absolute Gasteiger partial charge is 0.496 e. The number of rotatable bonds is 7. The first-order chi connectivity index (χ1) is 9.52. The van der Waals surface area contributed by atoms with Crippen LogP contribution in [0.25, 0.3) is 0 Å². The van der Waals surface area contributed by atoms with Crippen molar-refractivity contribution >= 4 is 0 Å². The smallest absolute Gasteiger partial charge is 0.123 e. The molecule has 1 N–H and O–H groups in total. The Hall–Kier alpha value is -1.06. The van der Waals surface area contributed by atoms with E-state index in [1.807, 2.05) is 0 Å². The second-order valence-corrected chi connectivity index (χ2v) is 6.12. The normalized spacial score (nSPS) is 18.1. The molecule has 1 aliphatic rings. The molecule has 0 saturated heterocycles. The van der Waals surface area contributed by atoms with Gasteiger partial charge in [0, 0.05) is 30.2 Å². The second kappa shape index (κ2) is 6.59. The lowest BCUT2D eigenvalue weighted by Crippen LogP contribution is -2.39. The van der Waals surface area contributed by atoms with Crippen molar-refractivity contribution in [2.24, 2.45) is 0 Å². The van der Waals surface area contributed by atoms with Crippen LogP contribution in [0.15, 0.2) is 18.2 Å². The molecule has 3 nitrogen and oxygen atoms in total. The summed E-state index contributed by atoms with van der Waals surface area (Å²) < 4.78 is 5.50. The number of aryl methyl sites for hydroxylation is 1. The van der Waals surface area contributed by atoms with E-state index >= 15 is 0 Å². The van der Waals surface area contributed by atoms with Crippen molar-refractivity contribution in [3.8, 4) is 5.75 Å². The van der Waals surface area contributed by atoms with Gasteiger partial charge in [0.1, 0.15) is 5.75 Å². The molecule has 3 heteroatoms. The van der Waals surface area contributed by atoms with E-state index in [9.17, 15) is 0 Å². The highest BCUT2D eigenvalue weighted by molar-refractivity contribution is 5.39. The van der Waals surface area contributed by atoms with Gasteiger partial charge in [-0.15, -0.1) is 0 Å². The lowest BCUT2D eigenvalue weighted by atomic mass is 10.0. The molecule has 1 saturated carbocycles. The highest BCUT2D eigenvalue weighted by Gasteiger charge is 2.29. The van der Waals surface area contributed by atoms with E-state index in [0.29, 0.717) is 12.1 Å². The number of benzene rings is 1. The third-order valence-electron chi connectivity index (χ3n) is 4.39. The lowest BCUT2D eigenvalue weighted by Gasteiger charge is -2.27. The summed E-state index contributed by atoms with van der Waals surface area (Å²) in [6, 6.07) is 8.11. The van der Waals surface area contributed by atoms with Crippen molar-refractivity contribution in [1.82, 2.24) is 10.2 Å². The van der Waals surface area contributed by atoms with Gasteiger partial charge in [0.05, 0.1) is 7.11 Å². The number of ether oxygens (including phenoxy) is 1. The van der Waals surface area contributed by atoms with Crippen LogP contribution in [0.4, 0.5) is 0 Å². The topological polar surface area (TPSA) is 24.5 Å². The Morgan fingerprint density at radius 1 is 1.35 bits per heavy atom. The molecule has 20 heavy (non-hydrogen) atoms. The number of nitrogens with zero attached hydrogens (tertiary/aromatic N) is 1. The zero-order valence-corrected chi connectivity index (χ0v) is 13.4. The Balaban J connectivity index is 1.92. The Kier molecular flexibility index (Phi) is 5.06. The van der Waals surface area contributed by atoms with Crippen LogP contribution in [0.1, 0.15) is 43.9 Å². The molecular weight excluding hydrogens is 248 g/mol. The molecule has 1 aliphatic carbocycles. The molecule has 1 aromatic rings. The molecule has 2 unspecified atom stereocenters. The van der Waals surface area contributed by atoms with Crippen molar-refractivity contribution in [1.29, 1.82) is 0 Å². The van der Waals surface area contributed by atoms with Crippen LogP contribution in [-0.4, -0.2) is 37.7 Å². The Bertz CT molecular complexity index is 443. The number of hydrogen-bond donors (Lipinski definition) is 1. The Labute approximate surface area is 123 Å². The first-order valence-corrected chi connectivity index (χ1v) is 7.62. The summed E-state index contributed by atoms with van der Waals surface area (Å²) in [4.78, 5) is 2.49. The molecule has 0 amide bonds. The van der Waals surface area contributed by atoms with Gasteiger partial charge in [-0.25, -0.2) is 0 Å². The fourth-order valence-electron chi connectivity index (χ4n) is 2.62. The van der Waals surface area contributed by atoms with Crippen molar-refractivity contribution in [2.45, 2.75) is 51.7 Å². The summed E-state index contributed by atoms with van der Waals surface area (Å²) in [6.07, 6.45) is 2.73. The SMILES string of the molecule is COc1cc(C)ccc1C(C)NCC(C)N(C)C1CC1. The molecule has 0 bridgehead atoms. The molecule has 2 rings (SSSR count). The minimum Gasteiger partial charge on any atom is -0.496 e. The van der Waals surface area contributed by atoms with Gasteiger partial charge in [0.25, 0.3) is 0 Å². The van der Waals surface area contributed by atoms with Crippen LogP contribution in [0.3, 0.4) is 0 Å². The number of nitrogens with one attached hydrogen (secondary N) is 1. The summed E-state index contributed by atoms with van der Waals surface area (Å²) in [5.41, 5.74) is 2.47. The maximum Gasteiger partial charge on any atom is 0.123 e. The van der Waals surface area contributed by atoms with Gasteiger partial charge in [0.2, 0.25) is 0 Å². The number of methoxy groups -OCH3 is 1. The van der Waals surface area contributed by atoms with Gasteiger partial charge in [0.15, 0.2) is 0 Å². The maximum atomic E-state index is 5.50. The van der Waals surface area contributed by atoms with Gasteiger partial charge in [-0.05, 0) is 52.3 Å². The van der Waals surface area contributed by atoms with Crippen LogP contribution >= 0.6 is 0 Å². The highest BCUT2D eigenvalue weighted by atomic mass is 16.5. The summed E-state index contributed by atoms with van der Waals surface area (Å²) in [7, 11) is 3.98. The molecule has 0 spiro atoms. The zero-order chi connectivity index (χ0) is 14.7. The van der Waals surface area contributed by atoms with E-state index in [1.165, 1.54) is 24.0 Å². The lowest BCUT2D eigenvalue weighted by molar-refractivity contribution is 0.236. The molecule has 1 fully saturated rings. The molecule has 1 aromatic carbocycles. The second-order valence-electron chi connectivity index (χ2n) is 6.12. The van der Waals surface area contributed by atoms with Crippen LogP contribution in [0.5, 0.6) is 5.75 Å². The van der Waals surface area contributed by atoms with Gasteiger partial charge in [-0.3, -0.25) is 4.90 Å². The molecule has 0 aromatic heterocycles. The van der Waals surface area contributed by atoms with Crippen LogP contribution < -0.4 is 10.1 Å². The van der Waals surface area contributed by atoms with Crippen molar-refractivity contribution < 1.29 is 4.74 Å². The maximum absolute atomic E-state index is 5.50. The molecular formula is C17H28N2O. The first-order valence-electron chi connectivity index (χ1n) is 7.62. The summed E-state index contributed by atoms with van der Waals surface area (Å²) in [5, 5.41) is 3.63. The minimum atomic E-state index is 0.306. The fraction of sp³-hybridized carbons (Fsp3) is 0.647. The third kappa shape index (κ3) is 3.74. The minimum absolute atomic E-state index is 0.306. The van der Waals surface area contributed by atoms with Crippen molar-refractivity contribution in [2.75, 3.05) is 20.7 Å². The van der Waals surface area contributed by atoms with Gasteiger partial charge in [-0.1, -0.05) is 12.1 Å². The van der Waals surface area contributed by atoms with Gasteiger partial charge < -0.3 is 10.1 Å². The molecule has 112 valence electrons. The van der Waals surface area contributed by atoms with E-state index in [-0.39, 0.29) is 0 Å². The number of hydrogen-bond acceptors (Lipinski definition) is 3. The first kappa shape index (κ1) is 15.3. The molecule has 2 atom stereocenters. The van der Waals surface area contributed by atoms with Crippen molar-refractivity contribution in [3.63, 3.8) is 0 Å². The summed E-state index contributed by atoms with van der Waals surface area (Å²) in [6.45, 7) is 7.60. The van der Waals surface area contributed by atoms with E-state index in [0.717, 1.165) is 18.3 Å². The third-order valence-corrected chi connectivity index (χ3v) is 4.39. The van der Waals surface area contributed by atoms with E-state index < -0.39 is 0 Å². The van der Waals surface area contributed by atoms with Gasteiger partial charge >= 0.3 is 0 Å². The zero-order valence-electron chi connectivity index (χ0n) is 13.4. The Morgan fingerprint density at radius 2 is 2.05 bits per heavy atom. The van der Waals surface area contributed by atoms with Crippen LogP contribution in [0, 0.1) is 6.92 Å². The van der Waals surface area contributed by atoms with Crippen molar-refractivity contribution in [3.05, 3.63) is 29.3 Å². The predicted octanol–water partition coefficient (Wildman–Crippen LogP) is 3.14. The summed E-state index contributed by atoms with van der Waals surface area (Å²) in [5.74, 6) is 0.980. The summed E-state index contributed by atoms with van der Waals surface area (Å²) >= 11 is 0. The van der Waals surface area contributed by atoms with E-state index in [2.05, 4.69) is 56.2 Å². The molecule has 0 heterocycles. The average molecular weight is 276 g/mol. The monoisotopic (exact) mass is 276 g/mol. The highest BCUT2D eigenvalue weighted by Crippen LogP contribution is 2.28. The van der Waals surface area contributed by atoms with Crippen LogP contribution in [-0.2, 0) is 0 Å². The molecule has 0 radical (unpaired) electrons. The Morgan fingerprint density at radius 3 is 2.65 bits per heavy atom. The number of likely N-dealkylation sites (N-methyl/N-ethyl adjacent to an activating group) is 1. The standard InChI is InChI=1S/C17H28N2O/c1-12-6-9-16(17(10-12)20-5)14(3)18-11-13(2)19(4)15-7-8-15/h6,9-10,13-15,18H,7-8,11H2,1-5H3.